The van der Waals surface area contributed by atoms with Crippen LogP contribution in [0.2, 0.25) is 0 Å². The number of aromatic nitrogens is 3. The second-order valence-electron chi connectivity index (χ2n) is 29.6. The largest absolute Gasteiger partial charge is 0.403 e. The molecule has 0 bridgehead atoms. The van der Waals surface area contributed by atoms with Gasteiger partial charge in [-0.2, -0.15) is 11.8 Å². The average molecular weight is 1330 g/mol. The fourth-order valence-electron chi connectivity index (χ4n) is 7.65. The van der Waals surface area contributed by atoms with Crippen LogP contribution in [-0.4, -0.2) is 68.2 Å². The van der Waals surface area contributed by atoms with E-state index >= 15 is 0 Å². The number of unbranched alkanes of at least 4 members (excludes halogenated alkanes) is 2. The van der Waals surface area contributed by atoms with E-state index in [4.69, 9.17) is 27.4 Å². The van der Waals surface area contributed by atoms with Crippen molar-refractivity contribution in [2.45, 2.75) is 276 Å². The molecule has 0 radical (unpaired) electrons. The number of aromatic amines is 2. The summed E-state index contributed by atoms with van der Waals surface area (Å²) in [6.45, 7) is 60.4. The van der Waals surface area contributed by atoms with Gasteiger partial charge in [-0.1, -0.05) is 270 Å². The van der Waals surface area contributed by atoms with Gasteiger partial charge in [-0.05, 0) is 178 Å². The lowest BCUT2D eigenvalue weighted by molar-refractivity contribution is -0.118. The standard InChI is InChI=1S/C12H15N.C11H16.C10H14.C8H18N2.C8H18.C7H12N2.C7H15N.C6H14S.C5H11NO.C5H12O.C4H10O/c1-9(2)7-10-8-13-12-6-4-3-5-11(10)12;1-9(2)8-11-6-4-10(3)5-7-11;1-9(2)8-10-6-4-3-5-7-10;1-7(2)5-4-6-10-8(3)9;1-4-5-6-7-8(2)3;1-6(2)3-7-4-8-5-9-7;1-6(2)4-5-7(3)8;1-6(2)4-5-7-3;1-4(2)3-5(6)7;1-4(2)5(3)6;1-4(2)3-5/h3-6,8-9,13H,7H2,1-2H3;4-7,9H,8H2,1-3H3;3-7,9H,8H2,1-2H3;7H,4-6H2,1-3H3,(H2,9,10);8H,4-7H2,1-3H3;4-6H,3H2,1-2H3,(H,8,9);6H,3-5,8H2,1-2H3;6H,4-5H2,1-3H3;4H,3H2,1-2H3,(H2,6,7);4-6H,1-3H3;4-5H,3H2,1-2H3/t;;;;;;;;;5-;/m.........1./s1. The molecule has 0 spiro atoms. The lowest BCUT2D eigenvalue weighted by Crippen LogP contribution is -2.12. The molecule has 0 fully saturated rings. The first kappa shape index (κ1) is 100. The molecule has 1 amide bonds. The average Bonchev–Trinajstić information content (AvgIpc) is 1.70. The van der Waals surface area contributed by atoms with Crippen LogP contribution in [0.5, 0.6) is 0 Å². The van der Waals surface area contributed by atoms with E-state index in [1.54, 1.807) is 13.3 Å². The molecule has 3 aromatic carbocycles. The van der Waals surface area contributed by atoms with Crippen molar-refractivity contribution in [2.75, 3.05) is 25.2 Å². The molecule has 2 heterocycles. The van der Waals surface area contributed by atoms with E-state index in [1.807, 2.05) is 66.4 Å². The number of rotatable bonds is 26. The van der Waals surface area contributed by atoms with Crippen LogP contribution in [0.4, 0.5) is 0 Å². The Morgan fingerprint density at radius 1 is 0.574 bits per heavy atom. The lowest BCUT2D eigenvalue weighted by atomic mass is 10.0. The number of carbonyl (C=O) groups is 1. The smallest absolute Gasteiger partial charge is 0.217 e. The van der Waals surface area contributed by atoms with Gasteiger partial charge in [0.2, 0.25) is 5.91 Å². The molecule has 11 heteroatoms. The molecule has 0 saturated carbocycles. The summed E-state index contributed by atoms with van der Waals surface area (Å²) >= 11 is 1.93. The predicted octanol–water partition coefficient (Wildman–Crippen LogP) is 22.5. The number of imidazole rings is 1. The molecule has 0 aliphatic rings. The highest BCUT2D eigenvalue weighted by atomic mass is 32.2. The van der Waals surface area contributed by atoms with Gasteiger partial charge in [-0.25, -0.2) is 4.98 Å². The fourth-order valence-corrected chi connectivity index (χ4v) is 8.35. The predicted molar refractivity (Wildman–Crippen MR) is 426 cm³/mol. The third-order valence-corrected chi connectivity index (χ3v) is 13.9. The summed E-state index contributed by atoms with van der Waals surface area (Å²) < 4.78 is 0. The third kappa shape index (κ3) is 85.2. The summed E-state index contributed by atoms with van der Waals surface area (Å²) in [6, 6.07) is 27.9. The Balaban J connectivity index is -0.000000229. The maximum atomic E-state index is 10.0. The number of hydrogen-bond acceptors (Lipinski definition) is 7. The number of amides is 1. The van der Waals surface area contributed by atoms with Gasteiger partial charge in [-0.3, -0.25) is 9.79 Å². The van der Waals surface area contributed by atoms with Gasteiger partial charge in [0.05, 0.1) is 18.3 Å². The Morgan fingerprint density at radius 2 is 1.03 bits per heavy atom. The Morgan fingerprint density at radius 3 is 1.37 bits per heavy atom. The van der Waals surface area contributed by atoms with Crippen molar-refractivity contribution in [3.05, 3.63) is 138 Å². The van der Waals surface area contributed by atoms with E-state index in [9.17, 15) is 4.79 Å². The van der Waals surface area contributed by atoms with Gasteiger partial charge < -0.3 is 37.4 Å². The minimum atomic E-state index is -0.213. The number of aliphatic imine (C=N–C) groups is 1. The Labute approximate surface area is 587 Å². The topological polar surface area (TPSA) is 192 Å². The first-order valence-corrected chi connectivity index (χ1v) is 37.6. The van der Waals surface area contributed by atoms with Gasteiger partial charge in [-0.15, -0.1) is 0 Å². The number of fused-ring (bicyclic) bond motifs is 1. The maximum Gasteiger partial charge on any atom is 0.217 e. The van der Waals surface area contributed by atoms with Crippen molar-refractivity contribution in [1.29, 1.82) is 0 Å². The maximum absolute atomic E-state index is 10.0. The number of primary amides is 1. The van der Waals surface area contributed by atoms with E-state index in [-0.39, 0.29) is 12.0 Å². The number of aliphatic hydroxyl groups is 2. The SMILES string of the molecule is C=C(N)CCC(C)C.CC(C)CC(N)=O.CC(C)CO.CC(C)Cc1c[nH]c2ccccc12.CC(C)Cc1ccccc1.CC(C)Cc1cnc[nH]1.CC(C)[C@@H](C)O.CC(N)=NCCCC(C)C.CCCCCC(C)C.CSCCC(C)C.Cc1ccc(CC(C)C)cc1. The summed E-state index contributed by atoms with van der Waals surface area (Å²) in [5.74, 6) is 9.33. The Kier molecular flexibility index (Phi) is 72.6. The first-order valence-electron chi connectivity index (χ1n) is 36.2. The van der Waals surface area contributed by atoms with Crippen LogP contribution in [0, 0.1) is 72.0 Å². The molecule has 10 nitrogen and oxygen atoms in total. The van der Waals surface area contributed by atoms with Crippen LogP contribution in [0.3, 0.4) is 0 Å². The van der Waals surface area contributed by atoms with Crippen molar-refractivity contribution < 1.29 is 15.0 Å². The fraction of sp³-hybridized carbons (Fsp3) is 0.675. The van der Waals surface area contributed by atoms with Crippen molar-refractivity contribution in [2.24, 2.45) is 87.3 Å². The summed E-state index contributed by atoms with van der Waals surface area (Å²) in [4.78, 5) is 24.4. The summed E-state index contributed by atoms with van der Waals surface area (Å²) in [5.41, 5.74) is 24.5. The van der Waals surface area contributed by atoms with Gasteiger partial charge in [0, 0.05) is 54.3 Å². The second-order valence-corrected chi connectivity index (χ2v) is 30.6. The van der Waals surface area contributed by atoms with E-state index in [1.165, 1.54) is 96.0 Å². The molecule has 0 unspecified atom stereocenters. The van der Waals surface area contributed by atoms with Crippen LogP contribution < -0.4 is 17.2 Å². The number of thioether (sulfide) groups is 1. The van der Waals surface area contributed by atoms with Crippen molar-refractivity contribution in [1.82, 2.24) is 15.0 Å². The molecule has 546 valence electrons. The summed E-state index contributed by atoms with van der Waals surface area (Å²) in [6.07, 6.45) is 24.4. The van der Waals surface area contributed by atoms with Gasteiger partial charge in [0.15, 0.2) is 0 Å². The van der Waals surface area contributed by atoms with Crippen molar-refractivity contribution >= 4 is 34.4 Å². The van der Waals surface area contributed by atoms with Gasteiger partial charge in [0.25, 0.3) is 0 Å². The number of aliphatic hydroxyl groups excluding tert-OH is 2. The zero-order valence-electron chi connectivity index (χ0n) is 66.2. The third-order valence-electron chi connectivity index (χ3n) is 13.3. The highest BCUT2D eigenvalue weighted by Crippen LogP contribution is 2.20. The van der Waals surface area contributed by atoms with E-state index in [0.29, 0.717) is 42.5 Å². The lowest BCUT2D eigenvalue weighted by Gasteiger charge is -2.04. The molecular formula is C83H155N7O3S. The Hall–Kier alpha value is -4.84. The molecule has 5 rings (SSSR count). The zero-order valence-corrected chi connectivity index (χ0v) is 67.0. The number of carbonyl (C=O) groups excluding carboxylic acids is 1. The van der Waals surface area contributed by atoms with Crippen molar-refractivity contribution in [3.63, 3.8) is 0 Å². The molecule has 94 heavy (non-hydrogen) atoms. The molecule has 2 aromatic heterocycles. The number of amidine groups is 1. The number of nitrogens with one attached hydrogen (secondary N) is 2. The van der Waals surface area contributed by atoms with Crippen LogP contribution in [0.25, 0.3) is 10.9 Å². The quantitative estimate of drug-likeness (QED) is 0.0163. The molecule has 5 aromatic rings. The minimum absolute atomic E-state index is 0.148. The van der Waals surface area contributed by atoms with Gasteiger partial charge in [0.1, 0.15) is 0 Å². The summed E-state index contributed by atoms with van der Waals surface area (Å²) in [5, 5.41) is 18.1. The number of aryl methyl sites for hydroxylation is 1. The molecular weight excluding hydrogens is 1180 g/mol. The van der Waals surface area contributed by atoms with Crippen molar-refractivity contribution in [3.8, 4) is 0 Å². The van der Waals surface area contributed by atoms with Crippen LogP contribution >= 0.6 is 11.8 Å². The number of hydrogen-bond donors (Lipinski definition) is 7. The molecule has 0 aliphatic carbocycles. The first-order chi connectivity index (χ1) is 43.9. The minimum Gasteiger partial charge on any atom is -0.403 e. The van der Waals surface area contributed by atoms with E-state index in [2.05, 4.69) is 242 Å². The normalized spacial score (nSPS) is 11.0. The van der Waals surface area contributed by atoms with Crippen LogP contribution in [0.15, 0.2) is 115 Å². The highest BCUT2D eigenvalue weighted by Gasteiger charge is 2.05. The highest BCUT2D eigenvalue weighted by molar-refractivity contribution is 7.98. The summed E-state index contributed by atoms with van der Waals surface area (Å²) in [7, 11) is 0. The number of nitrogens with two attached hydrogens (primary N) is 3. The monoisotopic (exact) mass is 1330 g/mol. The van der Waals surface area contributed by atoms with E-state index in [0.717, 1.165) is 85.8 Å². The molecule has 0 saturated heterocycles. The number of para-hydroxylation sites is 1. The zero-order chi connectivity index (χ0) is 73.6. The molecule has 10 N–H and O–H groups in total. The van der Waals surface area contributed by atoms with Gasteiger partial charge >= 0.3 is 0 Å². The Bertz CT molecular complexity index is 2360. The number of H-pyrrole nitrogens is 2. The number of allylic oxidation sites excluding steroid dienone is 1. The van der Waals surface area contributed by atoms with Crippen LogP contribution in [0.1, 0.15) is 265 Å². The second kappa shape index (κ2) is 68.1. The molecule has 1 atom stereocenters. The molecule has 0 aliphatic heterocycles. The number of benzene rings is 3. The van der Waals surface area contributed by atoms with Crippen LogP contribution in [-0.2, 0) is 30.5 Å². The van der Waals surface area contributed by atoms with E-state index < -0.39 is 0 Å². The number of nitrogens with zero attached hydrogens (tertiary/aromatic N) is 2.